The summed E-state index contributed by atoms with van der Waals surface area (Å²) < 4.78 is 11.6. The van der Waals surface area contributed by atoms with Gasteiger partial charge in [-0.2, -0.15) is 4.79 Å². The summed E-state index contributed by atoms with van der Waals surface area (Å²) in [6.07, 6.45) is 3.48. The van der Waals surface area contributed by atoms with Crippen molar-refractivity contribution in [2.75, 3.05) is 6.61 Å². The van der Waals surface area contributed by atoms with Crippen LogP contribution in [-0.4, -0.2) is 41.7 Å². The van der Waals surface area contributed by atoms with Crippen molar-refractivity contribution >= 4 is 25.2 Å². The van der Waals surface area contributed by atoms with E-state index in [2.05, 4.69) is 9.97 Å². The van der Waals surface area contributed by atoms with Gasteiger partial charge in [0.25, 0.3) is 0 Å². The lowest BCUT2D eigenvalue weighted by Gasteiger charge is -2.19. The number of aryl methyl sites for hydroxylation is 1. The number of pyridine rings is 2. The molecule has 2 aromatic heterocycles. The highest BCUT2D eigenvalue weighted by Gasteiger charge is 2.26. The van der Waals surface area contributed by atoms with E-state index in [9.17, 15) is 4.79 Å². The van der Waals surface area contributed by atoms with Gasteiger partial charge in [-0.25, -0.2) is 5.32 Å². The predicted octanol–water partition coefficient (Wildman–Crippen LogP) is 3.70. The molecule has 0 bridgehead atoms. The number of rotatable bonds is 7. The molecule has 3 aromatic rings. The van der Waals surface area contributed by atoms with Crippen LogP contribution in [0.2, 0.25) is 0 Å². The van der Waals surface area contributed by atoms with Gasteiger partial charge in [0.2, 0.25) is 0 Å². The normalized spacial score (nSPS) is 11.2. The van der Waals surface area contributed by atoms with Gasteiger partial charge in [-0.1, -0.05) is 12.1 Å². The van der Waals surface area contributed by atoms with Crippen LogP contribution in [0.3, 0.4) is 0 Å². The molecule has 33 heavy (non-hydrogen) atoms. The number of amides is 1. The Morgan fingerprint density at radius 3 is 2.52 bits per heavy atom. The highest BCUT2D eigenvalue weighted by atomic mass is 16.6. The summed E-state index contributed by atoms with van der Waals surface area (Å²) in [6.45, 7) is 7.66. The molecule has 0 spiro atoms. The molecular weight excluding hydrogens is 415 g/mol. The molecule has 1 aromatic carbocycles. The minimum Gasteiger partial charge on any atom is -0.487 e. The molecule has 1 amide bonds. The van der Waals surface area contributed by atoms with Crippen LogP contribution in [0.5, 0.6) is 5.75 Å². The molecule has 0 atom stereocenters. The molecule has 168 valence electrons. The van der Waals surface area contributed by atoms with Crippen LogP contribution in [-0.2, 0) is 11.2 Å². The van der Waals surface area contributed by atoms with Gasteiger partial charge in [0, 0.05) is 30.1 Å². The van der Waals surface area contributed by atoms with Crippen molar-refractivity contribution in [2.45, 2.75) is 39.7 Å². The number of nitrogens with one attached hydrogen (secondary N) is 1. The minimum atomic E-state index is -0.658. The fourth-order valence-corrected chi connectivity index (χ4v) is 3.30. The molecule has 0 aliphatic heterocycles. The largest absolute Gasteiger partial charge is 0.518 e. The number of hydrogen-bond acceptors (Lipinski definition) is 6. The fourth-order valence-electron chi connectivity index (χ4n) is 3.30. The summed E-state index contributed by atoms with van der Waals surface area (Å²) in [5.41, 5.74) is 3.27. The van der Waals surface area contributed by atoms with E-state index in [1.54, 1.807) is 39.2 Å². The Morgan fingerprint density at radius 2 is 1.88 bits per heavy atom. The van der Waals surface area contributed by atoms with Crippen LogP contribution < -0.4 is 10.1 Å². The molecule has 0 aliphatic carbocycles. The lowest BCUT2D eigenvalue weighted by atomic mass is 9.89. The number of aromatic nitrogens is 2. The topological polar surface area (TPSA) is 102 Å². The number of primary amides is 1. The lowest BCUT2D eigenvalue weighted by molar-refractivity contribution is -0.487. The maximum Gasteiger partial charge on any atom is 0.518 e. The highest BCUT2D eigenvalue weighted by molar-refractivity contribution is 6.64. The molecule has 7 nitrogen and oxygen atoms in total. The molecule has 0 fully saturated rings. The second-order valence-electron chi connectivity index (χ2n) is 8.62. The van der Waals surface area contributed by atoms with Crippen LogP contribution in [0.15, 0.2) is 54.9 Å². The minimum absolute atomic E-state index is 0.185. The Kier molecular flexibility index (Phi) is 7.61. The highest BCUT2D eigenvalue weighted by Crippen LogP contribution is 2.33. The van der Waals surface area contributed by atoms with Crippen LogP contribution in [0.1, 0.15) is 37.6 Å². The maximum absolute atomic E-state index is 12.6. The predicted molar refractivity (Wildman–Crippen MR) is 128 cm³/mol. The summed E-state index contributed by atoms with van der Waals surface area (Å²) in [6, 6.07) is 13.1. The first kappa shape index (κ1) is 24.1. The number of nitrogens with two attached hydrogens (primary N) is 1. The van der Waals surface area contributed by atoms with E-state index in [0.717, 1.165) is 22.5 Å². The molecule has 2 radical (unpaired) electrons. The smallest absolute Gasteiger partial charge is 0.487 e. The monoisotopic (exact) mass is 443 g/mol. The third-order valence-electron chi connectivity index (χ3n) is 4.73. The van der Waals surface area contributed by atoms with E-state index in [1.807, 2.05) is 43.3 Å². The van der Waals surface area contributed by atoms with E-state index in [0.29, 0.717) is 30.0 Å². The average molecular weight is 443 g/mol. The Morgan fingerprint density at radius 1 is 1.12 bits per heavy atom. The number of carbonyl (C=O) groups is 1. The number of hydrogen-bond donors (Lipinski definition) is 2. The standard InChI is InChI=1S/C25H27BN4O3/c1-16-8-7-12-29-21(16)17-14-19(23(26)27)22(30-24(31)33-25(2,3)4)20(15-17)32-13-10-18-9-5-6-11-28-18/h5-9,11-12,14-15,27H,10,13H2,1-4H3,(H,30,31)/p+1. The van der Waals surface area contributed by atoms with Crippen LogP contribution in [0, 0.1) is 12.3 Å². The Hall–Kier alpha value is -3.52. The zero-order valence-electron chi connectivity index (χ0n) is 19.4. The van der Waals surface area contributed by atoms with Crippen LogP contribution in [0.25, 0.3) is 11.3 Å². The summed E-state index contributed by atoms with van der Waals surface area (Å²) in [7, 11) is 5.92. The van der Waals surface area contributed by atoms with Crippen molar-refractivity contribution in [3.8, 4) is 17.0 Å². The van der Waals surface area contributed by atoms with Gasteiger partial charge in [-0.15, -0.1) is 0 Å². The first-order chi connectivity index (χ1) is 15.6. The summed E-state index contributed by atoms with van der Waals surface area (Å²) >= 11 is 0. The fraction of sp³-hybridized carbons (Fsp3) is 0.280. The maximum atomic E-state index is 12.6. The van der Waals surface area contributed by atoms with E-state index in [-0.39, 0.29) is 5.61 Å². The summed E-state index contributed by atoms with van der Waals surface area (Å²) in [5, 5.41) is 9.47. The summed E-state index contributed by atoms with van der Waals surface area (Å²) in [5.74, 6) is 0.421. The second-order valence-corrected chi connectivity index (χ2v) is 8.62. The van der Waals surface area contributed by atoms with E-state index >= 15 is 0 Å². The first-order valence-electron chi connectivity index (χ1n) is 10.7. The molecule has 8 heteroatoms. The van der Waals surface area contributed by atoms with Gasteiger partial charge < -0.3 is 14.9 Å². The number of benzene rings is 1. The van der Waals surface area contributed by atoms with Crippen molar-refractivity contribution in [3.05, 3.63) is 71.7 Å². The molecule has 0 saturated heterocycles. The average Bonchev–Trinajstić information content (AvgIpc) is 2.74. The molecule has 3 N–H and O–H groups in total. The molecule has 2 heterocycles. The third-order valence-corrected chi connectivity index (χ3v) is 4.73. The zero-order chi connectivity index (χ0) is 24.0. The lowest BCUT2D eigenvalue weighted by Crippen LogP contribution is -2.83. The van der Waals surface area contributed by atoms with Gasteiger partial charge in [-0.05, 0) is 69.2 Å². The Labute approximate surface area is 195 Å². The number of nitrogens with zero attached hydrogens (tertiary/aromatic N) is 2. The van der Waals surface area contributed by atoms with Gasteiger partial charge in [0.05, 0.1) is 17.9 Å². The van der Waals surface area contributed by atoms with E-state index in [1.165, 1.54) is 5.32 Å². The van der Waals surface area contributed by atoms with Crippen LogP contribution >= 0.6 is 0 Å². The zero-order valence-corrected chi connectivity index (χ0v) is 19.4. The van der Waals surface area contributed by atoms with Gasteiger partial charge in [0.15, 0.2) is 11.4 Å². The summed E-state index contributed by atoms with van der Waals surface area (Å²) in [4.78, 5) is 21.4. The van der Waals surface area contributed by atoms with E-state index in [4.69, 9.17) is 22.7 Å². The number of ether oxygens (including phenoxy) is 2. The number of carbonyl (C=O) groups excluding carboxylic acids is 1. The molecule has 0 aliphatic rings. The molecular formula is C25H28BN4O3+. The van der Waals surface area contributed by atoms with Crippen molar-refractivity contribution in [3.63, 3.8) is 0 Å². The number of quaternary nitrogens is 1. The quantitative estimate of drug-likeness (QED) is 0.330. The Bertz CT molecular complexity index is 1140. The molecule has 3 rings (SSSR count). The van der Waals surface area contributed by atoms with Gasteiger partial charge in [-0.3, -0.25) is 9.97 Å². The first-order valence-corrected chi connectivity index (χ1v) is 10.7. The molecule has 0 unspecified atom stereocenters. The van der Waals surface area contributed by atoms with Crippen molar-refractivity contribution < 1.29 is 19.6 Å². The van der Waals surface area contributed by atoms with Gasteiger partial charge in [0.1, 0.15) is 13.4 Å². The van der Waals surface area contributed by atoms with Gasteiger partial charge >= 0.3 is 6.09 Å². The van der Waals surface area contributed by atoms with Crippen molar-refractivity contribution in [2.24, 2.45) is 0 Å². The molecule has 0 saturated carbocycles. The Balaban J connectivity index is 2.01. The third kappa shape index (κ3) is 6.73. The second kappa shape index (κ2) is 10.4. The SMILES string of the molecule is [B]C(=N)c1cc(-c2ncccc2C)cc(OCCc2ccccn2)c1[NH2+]C(=O)OC(C)(C)C. The van der Waals surface area contributed by atoms with Crippen molar-refractivity contribution in [1.82, 2.24) is 9.97 Å². The van der Waals surface area contributed by atoms with Crippen molar-refractivity contribution in [1.29, 1.82) is 5.41 Å². The van der Waals surface area contributed by atoms with Crippen LogP contribution in [0.4, 0.5) is 10.5 Å². The van der Waals surface area contributed by atoms with E-state index < -0.39 is 11.7 Å².